The first-order chi connectivity index (χ1) is 9.67. The molecule has 2 aliphatic heterocycles. The average Bonchev–Trinajstić information content (AvgIpc) is 2.64. The first-order valence-corrected chi connectivity index (χ1v) is 7.60. The van der Waals surface area contributed by atoms with Crippen molar-refractivity contribution in [3.05, 3.63) is 35.4 Å². The van der Waals surface area contributed by atoms with Gasteiger partial charge in [-0.3, -0.25) is 4.90 Å². The molecule has 2 heterocycles. The molecule has 2 bridgehead atoms. The zero-order chi connectivity index (χ0) is 14.1. The van der Waals surface area contributed by atoms with E-state index in [-0.39, 0.29) is 0 Å². The van der Waals surface area contributed by atoms with Gasteiger partial charge in [0.2, 0.25) is 0 Å². The third-order valence-corrected chi connectivity index (χ3v) is 4.75. The molecule has 4 heteroatoms. The van der Waals surface area contributed by atoms with Crippen molar-refractivity contribution >= 4 is 0 Å². The van der Waals surface area contributed by atoms with Gasteiger partial charge in [-0.2, -0.15) is 0 Å². The molecule has 0 aromatic heterocycles. The number of fused-ring (bicyclic) bond motifs is 2. The van der Waals surface area contributed by atoms with Crippen molar-refractivity contribution in [1.82, 2.24) is 10.2 Å². The number of halogens is 2. The third kappa shape index (κ3) is 2.72. The molecule has 110 valence electrons. The summed E-state index contributed by atoms with van der Waals surface area (Å²) in [5.74, 6) is -0.918. The molecule has 0 aliphatic carbocycles. The van der Waals surface area contributed by atoms with E-state index in [9.17, 15) is 8.78 Å². The van der Waals surface area contributed by atoms with Gasteiger partial charge < -0.3 is 5.32 Å². The number of nitrogens with zero attached hydrogens (tertiary/aromatic N) is 1. The van der Waals surface area contributed by atoms with Crippen LogP contribution < -0.4 is 5.32 Å². The molecule has 2 unspecified atom stereocenters. The molecule has 0 spiro atoms. The van der Waals surface area contributed by atoms with Gasteiger partial charge in [-0.05, 0) is 38.3 Å². The average molecular weight is 280 g/mol. The van der Waals surface area contributed by atoms with Gasteiger partial charge in [-0.15, -0.1) is 0 Å². The second-order valence-corrected chi connectivity index (χ2v) is 6.02. The molecule has 2 atom stereocenters. The van der Waals surface area contributed by atoms with Crippen molar-refractivity contribution in [2.24, 2.45) is 0 Å². The first kappa shape index (κ1) is 14.0. The number of rotatable bonds is 4. The van der Waals surface area contributed by atoms with Gasteiger partial charge in [0.15, 0.2) is 0 Å². The normalized spacial score (nSPS) is 29.9. The van der Waals surface area contributed by atoms with Crippen molar-refractivity contribution in [3.63, 3.8) is 0 Å². The van der Waals surface area contributed by atoms with Gasteiger partial charge in [0.25, 0.3) is 0 Å². The summed E-state index contributed by atoms with van der Waals surface area (Å²) in [5.41, 5.74) is 0.616. The highest BCUT2D eigenvalue weighted by Crippen LogP contribution is 2.37. The smallest absolute Gasteiger partial charge is 0.130 e. The standard InChI is InChI=1S/C16H22F2N2/c1-2-19-13-8-14-5-6-15(9-13)20(14)10-11-3-4-12(17)7-16(11)18/h3-4,7,13-15,19H,2,5-6,8-10H2,1H3. The third-order valence-electron chi connectivity index (χ3n) is 4.75. The molecule has 2 nitrogen and oxygen atoms in total. The molecule has 2 saturated heterocycles. The van der Waals surface area contributed by atoms with Gasteiger partial charge in [0.05, 0.1) is 0 Å². The largest absolute Gasteiger partial charge is 0.314 e. The molecule has 1 aromatic rings. The Hall–Kier alpha value is -1.00. The highest BCUT2D eigenvalue weighted by Gasteiger charge is 2.40. The summed E-state index contributed by atoms with van der Waals surface area (Å²) in [6.07, 6.45) is 4.70. The Labute approximate surface area is 119 Å². The molecule has 2 fully saturated rings. The lowest BCUT2D eigenvalue weighted by Gasteiger charge is -2.39. The molecule has 0 amide bonds. The van der Waals surface area contributed by atoms with Crippen LogP contribution in [0.1, 0.15) is 38.2 Å². The van der Waals surface area contributed by atoms with E-state index in [1.165, 1.54) is 18.9 Å². The van der Waals surface area contributed by atoms with Crippen LogP contribution in [-0.2, 0) is 6.54 Å². The van der Waals surface area contributed by atoms with Crippen LogP contribution >= 0.6 is 0 Å². The molecule has 20 heavy (non-hydrogen) atoms. The van der Waals surface area contributed by atoms with Gasteiger partial charge in [-0.25, -0.2) is 8.78 Å². The zero-order valence-electron chi connectivity index (χ0n) is 11.9. The van der Waals surface area contributed by atoms with Crippen LogP contribution in [0, 0.1) is 11.6 Å². The fraction of sp³-hybridized carbons (Fsp3) is 0.625. The van der Waals surface area contributed by atoms with Crippen molar-refractivity contribution < 1.29 is 8.78 Å². The van der Waals surface area contributed by atoms with Crippen LogP contribution in [0.4, 0.5) is 8.78 Å². The lowest BCUT2D eigenvalue weighted by atomic mass is 9.96. The van der Waals surface area contributed by atoms with Crippen LogP contribution in [0.25, 0.3) is 0 Å². The molecule has 0 saturated carbocycles. The second kappa shape index (κ2) is 5.78. The molecular formula is C16H22F2N2. The molecule has 0 radical (unpaired) electrons. The highest BCUT2D eigenvalue weighted by atomic mass is 19.1. The first-order valence-electron chi connectivity index (χ1n) is 7.60. The maximum atomic E-state index is 13.8. The van der Waals surface area contributed by atoms with Crippen LogP contribution in [0.3, 0.4) is 0 Å². The summed E-state index contributed by atoms with van der Waals surface area (Å²) in [7, 11) is 0. The van der Waals surface area contributed by atoms with Gasteiger partial charge in [-0.1, -0.05) is 13.0 Å². The van der Waals surface area contributed by atoms with Crippen molar-refractivity contribution in [1.29, 1.82) is 0 Å². The monoisotopic (exact) mass is 280 g/mol. The number of piperidine rings is 1. The van der Waals surface area contributed by atoms with Gasteiger partial charge >= 0.3 is 0 Å². The van der Waals surface area contributed by atoms with E-state index in [1.54, 1.807) is 6.07 Å². The maximum Gasteiger partial charge on any atom is 0.130 e. The van der Waals surface area contributed by atoms with E-state index in [2.05, 4.69) is 17.1 Å². The Balaban J connectivity index is 1.70. The lowest BCUT2D eigenvalue weighted by Crippen LogP contribution is -2.48. The summed E-state index contributed by atoms with van der Waals surface area (Å²) in [5, 5.41) is 3.54. The molecule has 2 aliphatic rings. The number of hydrogen-bond donors (Lipinski definition) is 1. The van der Waals surface area contributed by atoms with Crippen molar-refractivity contribution in [2.75, 3.05) is 6.54 Å². The topological polar surface area (TPSA) is 15.3 Å². The Morgan fingerprint density at radius 3 is 2.50 bits per heavy atom. The van der Waals surface area contributed by atoms with Gasteiger partial charge in [0.1, 0.15) is 11.6 Å². The molecule has 1 aromatic carbocycles. The van der Waals surface area contributed by atoms with E-state index < -0.39 is 11.6 Å². The molecule has 3 rings (SSSR count). The predicted molar refractivity (Wildman–Crippen MR) is 75.4 cm³/mol. The molecule has 1 N–H and O–H groups in total. The number of hydrogen-bond acceptors (Lipinski definition) is 2. The van der Waals surface area contributed by atoms with E-state index in [0.717, 1.165) is 25.5 Å². The fourth-order valence-corrected chi connectivity index (χ4v) is 3.83. The SMILES string of the molecule is CCNC1CC2CCC(C1)N2Cc1ccc(F)cc1F. The van der Waals surface area contributed by atoms with E-state index in [1.807, 2.05) is 0 Å². The van der Waals surface area contributed by atoms with Crippen LogP contribution in [0.15, 0.2) is 18.2 Å². The summed E-state index contributed by atoms with van der Waals surface area (Å²) >= 11 is 0. The van der Waals surface area contributed by atoms with E-state index >= 15 is 0 Å². The number of benzene rings is 1. The Kier molecular flexibility index (Phi) is 4.03. The highest BCUT2D eigenvalue weighted by molar-refractivity contribution is 5.19. The summed E-state index contributed by atoms with van der Waals surface area (Å²) in [6, 6.07) is 5.62. The number of nitrogens with one attached hydrogen (secondary N) is 1. The summed E-state index contributed by atoms with van der Waals surface area (Å²) in [6.45, 7) is 3.76. The van der Waals surface area contributed by atoms with Crippen molar-refractivity contribution in [3.8, 4) is 0 Å². The zero-order valence-corrected chi connectivity index (χ0v) is 11.9. The van der Waals surface area contributed by atoms with Crippen LogP contribution in [0.5, 0.6) is 0 Å². The summed E-state index contributed by atoms with van der Waals surface area (Å²) in [4.78, 5) is 2.42. The van der Waals surface area contributed by atoms with E-state index in [0.29, 0.717) is 30.2 Å². The van der Waals surface area contributed by atoms with Crippen LogP contribution in [-0.4, -0.2) is 29.6 Å². The Bertz CT molecular complexity index is 464. The van der Waals surface area contributed by atoms with Crippen LogP contribution in [0.2, 0.25) is 0 Å². The minimum absolute atomic E-state index is 0.418. The quantitative estimate of drug-likeness (QED) is 0.912. The van der Waals surface area contributed by atoms with Gasteiger partial charge in [0, 0.05) is 36.3 Å². The van der Waals surface area contributed by atoms with E-state index in [4.69, 9.17) is 0 Å². The maximum absolute atomic E-state index is 13.8. The van der Waals surface area contributed by atoms with Crippen molar-refractivity contribution in [2.45, 2.75) is 57.3 Å². The summed E-state index contributed by atoms with van der Waals surface area (Å²) < 4.78 is 26.8. The predicted octanol–water partition coefficient (Wildman–Crippen LogP) is 3.07. The fourth-order valence-electron chi connectivity index (χ4n) is 3.83. The second-order valence-electron chi connectivity index (χ2n) is 6.02. The lowest BCUT2D eigenvalue weighted by molar-refractivity contribution is 0.108. The minimum atomic E-state index is -0.500. The Morgan fingerprint density at radius 2 is 1.90 bits per heavy atom. The molecular weight excluding hydrogens is 258 g/mol. The Morgan fingerprint density at radius 1 is 1.20 bits per heavy atom. The minimum Gasteiger partial charge on any atom is -0.314 e.